The number of carbonyl (C=O) groups excluding carboxylic acids is 3. The summed E-state index contributed by atoms with van der Waals surface area (Å²) in [5.41, 5.74) is 4.96. The van der Waals surface area contributed by atoms with Crippen LogP contribution in [0.1, 0.15) is 87.5 Å². The van der Waals surface area contributed by atoms with Crippen molar-refractivity contribution >= 4 is 18.3 Å². The first kappa shape index (κ1) is 32.1. The molecule has 4 rings (SSSR count). The minimum Gasteiger partial charge on any atom is -0.529 e. The number of hydrogen-bond donors (Lipinski definition) is 1. The second-order valence-corrected chi connectivity index (χ2v) is 11.0. The standard InChI is InChI=1S/C17H23NO4.C16H23NO2/c1-2-3-4-7-10-18(16(19)20)17(21)22-15-11-13-8-5-6-9-14(13)12-15;1-2-3-4-7-10-17-16(18)19-15-11-13-8-5-6-9-14(13)12-15/h5-6,8-9,15H,2-4,7,10-12H2,1H3,(H,19,20);5-6,8-9,15H,2-4,7,10-12H2,1H3,(H,17,18). The van der Waals surface area contributed by atoms with E-state index in [0.717, 1.165) is 56.2 Å². The molecule has 0 spiro atoms. The Kier molecular flexibility index (Phi) is 13.7. The maximum Gasteiger partial charge on any atom is 0.512 e. The highest BCUT2D eigenvalue weighted by Gasteiger charge is 2.27. The summed E-state index contributed by atoms with van der Waals surface area (Å²) < 4.78 is 10.8. The summed E-state index contributed by atoms with van der Waals surface area (Å²) >= 11 is 0. The largest absolute Gasteiger partial charge is 0.529 e. The Balaban J connectivity index is 0.000000228. The Morgan fingerprint density at radius 3 is 1.66 bits per heavy atom. The zero-order valence-corrected chi connectivity index (χ0v) is 24.6. The van der Waals surface area contributed by atoms with Gasteiger partial charge in [-0.05, 0) is 41.5 Å². The van der Waals surface area contributed by atoms with Crippen LogP contribution in [0.2, 0.25) is 0 Å². The number of benzene rings is 2. The van der Waals surface area contributed by atoms with Gasteiger partial charge in [-0.2, -0.15) is 4.79 Å². The first-order valence-electron chi connectivity index (χ1n) is 15.3. The molecule has 0 unspecified atom stereocenters. The van der Waals surface area contributed by atoms with Gasteiger partial charge in [-0.25, -0.2) is 10.1 Å². The van der Waals surface area contributed by atoms with E-state index in [-0.39, 0.29) is 24.8 Å². The molecule has 0 atom stereocenters. The molecule has 0 radical (unpaired) electrons. The van der Waals surface area contributed by atoms with Crippen LogP contribution in [-0.2, 0) is 35.2 Å². The monoisotopic (exact) mass is 566 g/mol. The topological polar surface area (TPSA) is 113 Å². The van der Waals surface area contributed by atoms with E-state index in [4.69, 9.17) is 9.47 Å². The lowest BCUT2D eigenvalue weighted by molar-refractivity contribution is -0.572. The molecule has 8 nitrogen and oxygen atoms in total. The molecule has 2 aromatic carbocycles. The van der Waals surface area contributed by atoms with Crippen LogP contribution < -0.4 is 10.4 Å². The Bertz CT molecular complexity index is 1070. The van der Waals surface area contributed by atoms with Crippen LogP contribution >= 0.6 is 0 Å². The van der Waals surface area contributed by atoms with Crippen molar-refractivity contribution in [2.45, 2.75) is 103 Å². The molecular formula is C33H46N2O6. The number of nitrogens with two attached hydrogens (primary N) is 1. The highest BCUT2D eigenvalue weighted by atomic mass is 16.6. The van der Waals surface area contributed by atoms with Gasteiger partial charge < -0.3 is 19.4 Å². The number of amides is 3. The predicted molar refractivity (Wildman–Crippen MR) is 155 cm³/mol. The summed E-state index contributed by atoms with van der Waals surface area (Å²) in [5.74, 6) is 0. The van der Waals surface area contributed by atoms with Gasteiger partial charge in [0.05, 0.1) is 6.54 Å². The number of nitrogens with zero attached hydrogens (tertiary/aromatic N) is 1. The number of fused-ring (bicyclic) bond motifs is 2. The summed E-state index contributed by atoms with van der Waals surface area (Å²) in [6, 6.07) is 16.2. The van der Waals surface area contributed by atoms with Gasteiger partial charge in [-0.3, -0.25) is 4.90 Å². The van der Waals surface area contributed by atoms with Gasteiger partial charge >= 0.3 is 12.2 Å². The van der Waals surface area contributed by atoms with E-state index in [1.807, 2.05) is 36.4 Å². The van der Waals surface area contributed by atoms with Gasteiger partial charge in [0, 0.05) is 32.2 Å². The minimum atomic E-state index is -1.49. The second-order valence-electron chi connectivity index (χ2n) is 11.0. The molecule has 0 fully saturated rings. The number of carbonyl (C=O) groups is 3. The normalized spacial score (nSPS) is 14.0. The molecule has 2 aliphatic rings. The molecule has 224 valence electrons. The van der Waals surface area contributed by atoms with Gasteiger partial charge in [-0.15, -0.1) is 0 Å². The number of imide groups is 1. The third-order valence-corrected chi connectivity index (χ3v) is 7.62. The lowest BCUT2D eigenvalue weighted by Gasteiger charge is -2.24. The first-order valence-corrected chi connectivity index (χ1v) is 15.3. The summed E-state index contributed by atoms with van der Waals surface area (Å²) in [6.07, 6.45) is 8.69. The highest BCUT2D eigenvalue weighted by molar-refractivity contribution is 5.85. The van der Waals surface area contributed by atoms with Crippen molar-refractivity contribution in [3.63, 3.8) is 0 Å². The van der Waals surface area contributed by atoms with Crippen LogP contribution in [0, 0.1) is 0 Å². The van der Waals surface area contributed by atoms with Crippen LogP contribution in [-0.4, -0.2) is 48.5 Å². The van der Waals surface area contributed by atoms with E-state index >= 15 is 0 Å². The van der Waals surface area contributed by atoms with E-state index < -0.39 is 12.2 Å². The summed E-state index contributed by atoms with van der Waals surface area (Å²) in [5, 5.41) is 12.8. The maximum atomic E-state index is 12.0. The van der Waals surface area contributed by atoms with E-state index in [1.54, 1.807) is 5.32 Å². The predicted octanol–water partition coefficient (Wildman–Crippen LogP) is 4.95. The summed E-state index contributed by atoms with van der Waals surface area (Å²) in [7, 11) is 0. The number of quaternary nitrogens is 1. The molecule has 3 amide bonds. The lowest BCUT2D eigenvalue weighted by atomic mass is 10.1. The van der Waals surface area contributed by atoms with E-state index in [2.05, 4.69) is 26.0 Å². The van der Waals surface area contributed by atoms with Crippen molar-refractivity contribution in [3.05, 3.63) is 70.8 Å². The smallest absolute Gasteiger partial charge is 0.512 e. The van der Waals surface area contributed by atoms with E-state index in [1.165, 1.54) is 30.4 Å². The molecule has 2 aromatic rings. The average molecular weight is 567 g/mol. The third kappa shape index (κ3) is 10.8. The molecule has 0 bridgehead atoms. The Morgan fingerprint density at radius 2 is 1.20 bits per heavy atom. The number of unbranched alkanes of at least 4 members (excludes halogenated alkanes) is 6. The third-order valence-electron chi connectivity index (χ3n) is 7.62. The molecule has 0 aliphatic heterocycles. The van der Waals surface area contributed by atoms with Crippen molar-refractivity contribution in [1.29, 1.82) is 0 Å². The molecule has 2 aliphatic carbocycles. The fourth-order valence-corrected chi connectivity index (χ4v) is 5.37. The first-order chi connectivity index (χ1) is 19.9. The van der Waals surface area contributed by atoms with Crippen molar-refractivity contribution in [2.24, 2.45) is 0 Å². The molecule has 0 aromatic heterocycles. The molecule has 41 heavy (non-hydrogen) atoms. The van der Waals surface area contributed by atoms with Crippen LogP contribution in [0.15, 0.2) is 48.5 Å². The van der Waals surface area contributed by atoms with Crippen LogP contribution in [0.3, 0.4) is 0 Å². The van der Waals surface area contributed by atoms with Crippen molar-refractivity contribution in [1.82, 2.24) is 4.90 Å². The number of hydrogen-bond acceptors (Lipinski definition) is 6. The molecular weight excluding hydrogens is 520 g/mol. The zero-order valence-electron chi connectivity index (χ0n) is 24.6. The fourth-order valence-electron chi connectivity index (χ4n) is 5.37. The number of rotatable bonds is 12. The number of ether oxygens (including phenoxy) is 2. The van der Waals surface area contributed by atoms with Gasteiger partial charge in [0.2, 0.25) is 0 Å². The van der Waals surface area contributed by atoms with E-state index in [9.17, 15) is 19.5 Å². The van der Waals surface area contributed by atoms with Gasteiger partial charge in [0.15, 0.2) is 0 Å². The zero-order chi connectivity index (χ0) is 29.5. The molecule has 0 saturated carbocycles. The van der Waals surface area contributed by atoms with Gasteiger partial charge in [0.25, 0.3) is 0 Å². The van der Waals surface area contributed by atoms with Crippen LogP contribution in [0.25, 0.3) is 0 Å². The SMILES string of the molecule is CCCCCCN(C(=O)[O-])C(=O)OC1Cc2ccccc2C1.CCCCCC[NH2+]C(=O)OC1Cc2ccccc2C1. The number of primary amides is 1. The average Bonchev–Trinajstić information content (AvgIpc) is 3.55. The van der Waals surface area contributed by atoms with Gasteiger partial charge in [0.1, 0.15) is 18.3 Å². The van der Waals surface area contributed by atoms with Crippen molar-refractivity contribution in [2.75, 3.05) is 13.1 Å². The van der Waals surface area contributed by atoms with Gasteiger partial charge in [-0.1, -0.05) is 94.5 Å². The molecule has 8 heteroatoms. The maximum absolute atomic E-state index is 12.0. The fraction of sp³-hybridized carbons (Fsp3) is 0.545. The van der Waals surface area contributed by atoms with Crippen molar-refractivity contribution < 1.29 is 34.3 Å². The molecule has 0 heterocycles. The Labute approximate surface area is 244 Å². The Morgan fingerprint density at radius 1 is 0.732 bits per heavy atom. The molecule has 0 saturated heterocycles. The quantitative estimate of drug-likeness (QED) is 0.364. The van der Waals surface area contributed by atoms with Crippen LogP contribution in [0.4, 0.5) is 14.4 Å². The summed E-state index contributed by atoms with van der Waals surface area (Å²) in [4.78, 5) is 35.5. The molecule has 2 N–H and O–H groups in total. The number of carboxylic acid groups (broad SMARTS) is 1. The lowest BCUT2D eigenvalue weighted by Crippen LogP contribution is -2.88. The van der Waals surface area contributed by atoms with E-state index in [0.29, 0.717) is 24.2 Å². The second kappa shape index (κ2) is 17.4. The van der Waals surface area contributed by atoms with Crippen molar-refractivity contribution in [3.8, 4) is 0 Å². The van der Waals surface area contributed by atoms with Crippen LogP contribution in [0.5, 0.6) is 0 Å². The minimum absolute atomic E-state index is 0.0387. The Hall–Kier alpha value is -3.39. The summed E-state index contributed by atoms with van der Waals surface area (Å²) in [6.45, 7) is 5.25. The highest BCUT2D eigenvalue weighted by Crippen LogP contribution is 2.25.